The maximum atomic E-state index is 12.7. The highest BCUT2D eigenvalue weighted by molar-refractivity contribution is 6.34. The van der Waals surface area contributed by atoms with E-state index in [4.69, 9.17) is 11.6 Å². The Hall–Kier alpha value is -3.44. The number of para-hydroxylation sites is 1. The predicted molar refractivity (Wildman–Crippen MR) is 104 cm³/mol. The zero-order valence-electron chi connectivity index (χ0n) is 14.1. The van der Waals surface area contributed by atoms with Gasteiger partial charge in [0.25, 0.3) is 5.91 Å². The van der Waals surface area contributed by atoms with E-state index in [9.17, 15) is 9.59 Å². The summed E-state index contributed by atoms with van der Waals surface area (Å²) in [5.74, 6) is -0.459. The van der Waals surface area contributed by atoms with Crippen molar-refractivity contribution in [1.82, 2.24) is 9.61 Å². The summed E-state index contributed by atoms with van der Waals surface area (Å²) in [6.45, 7) is 0. The molecule has 0 fully saturated rings. The number of pyridine rings is 1. The van der Waals surface area contributed by atoms with Crippen LogP contribution in [0.15, 0.2) is 79.1 Å². The highest BCUT2D eigenvalue weighted by atomic mass is 35.5. The highest BCUT2D eigenvalue weighted by Gasteiger charge is 2.16. The van der Waals surface area contributed by atoms with Crippen LogP contribution in [0.5, 0.6) is 0 Å². The maximum Gasteiger partial charge on any atom is 0.259 e. The molecule has 4 rings (SSSR count). The van der Waals surface area contributed by atoms with Gasteiger partial charge in [-0.1, -0.05) is 54.1 Å². The van der Waals surface area contributed by atoms with Gasteiger partial charge in [0.15, 0.2) is 5.78 Å². The van der Waals surface area contributed by atoms with Gasteiger partial charge in [-0.15, -0.1) is 0 Å². The third-order valence-corrected chi connectivity index (χ3v) is 4.52. The van der Waals surface area contributed by atoms with E-state index in [-0.39, 0.29) is 11.7 Å². The summed E-state index contributed by atoms with van der Waals surface area (Å²) in [4.78, 5) is 25.4. The average molecular weight is 376 g/mol. The van der Waals surface area contributed by atoms with Crippen LogP contribution in [-0.4, -0.2) is 21.3 Å². The fourth-order valence-electron chi connectivity index (χ4n) is 2.81. The number of aromatic nitrogens is 2. The number of rotatable bonds is 4. The Morgan fingerprint density at radius 1 is 0.926 bits per heavy atom. The second-order valence-corrected chi connectivity index (χ2v) is 6.34. The number of hydrogen-bond acceptors (Lipinski definition) is 3. The Labute approximate surface area is 160 Å². The molecule has 4 aromatic rings. The number of halogens is 1. The van der Waals surface area contributed by atoms with E-state index in [1.807, 2.05) is 18.2 Å². The molecule has 0 radical (unpaired) electrons. The van der Waals surface area contributed by atoms with Crippen molar-refractivity contribution in [1.29, 1.82) is 0 Å². The molecule has 2 aromatic heterocycles. The zero-order chi connectivity index (χ0) is 18.8. The normalized spacial score (nSPS) is 10.7. The van der Waals surface area contributed by atoms with E-state index in [2.05, 4.69) is 10.4 Å². The molecule has 0 saturated carbocycles. The smallest absolute Gasteiger partial charge is 0.259 e. The van der Waals surface area contributed by atoms with Crippen molar-refractivity contribution < 1.29 is 9.59 Å². The molecule has 6 heteroatoms. The summed E-state index contributed by atoms with van der Waals surface area (Å²) in [6, 6.07) is 19.3. The molecule has 132 valence electrons. The molecule has 1 N–H and O–H groups in total. The highest BCUT2D eigenvalue weighted by Crippen LogP contribution is 2.22. The lowest BCUT2D eigenvalue weighted by atomic mass is 10.0. The number of fused-ring (bicyclic) bond motifs is 1. The molecule has 1 amide bonds. The number of nitrogens with one attached hydrogen (secondary N) is 1. The lowest BCUT2D eigenvalue weighted by Gasteiger charge is -2.06. The molecule has 0 unspecified atom stereocenters. The van der Waals surface area contributed by atoms with Crippen molar-refractivity contribution in [2.45, 2.75) is 0 Å². The van der Waals surface area contributed by atoms with Crippen LogP contribution >= 0.6 is 11.6 Å². The number of hydrogen-bond donors (Lipinski definition) is 1. The minimum absolute atomic E-state index is 0.114. The minimum Gasteiger partial charge on any atom is -0.321 e. The standard InChI is InChI=1S/C21H14ClN3O2/c22-17-8-4-5-9-18(17)24-21(27)16-13-23-25-11-10-15(12-19(16)25)20(26)14-6-2-1-3-7-14/h1-13H,(H,24,27). The number of amides is 1. The predicted octanol–water partition coefficient (Wildman–Crippen LogP) is 4.47. The topological polar surface area (TPSA) is 63.5 Å². The summed E-state index contributed by atoms with van der Waals surface area (Å²) in [7, 11) is 0. The summed E-state index contributed by atoms with van der Waals surface area (Å²) in [5.41, 5.74) is 2.49. The molecular weight excluding hydrogens is 362 g/mol. The molecule has 0 aliphatic heterocycles. The van der Waals surface area contributed by atoms with Crippen LogP contribution in [0.1, 0.15) is 26.3 Å². The van der Waals surface area contributed by atoms with Gasteiger partial charge in [0, 0.05) is 17.3 Å². The summed E-state index contributed by atoms with van der Waals surface area (Å²) >= 11 is 6.10. The maximum absolute atomic E-state index is 12.7. The van der Waals surface area contributed by atoms with E-state index in [1.165, 1.54) is 6.20 Å². The average Bonchev–Trinajstić information content (AvgIpc) is 3.13. The SMILES string of the molecule is O=C(c1ccccc1)c1ccn2ncc(C(=O)Nc3ccccc3Cl)c2c1. The van der Waals surface area contributed by atoms with Gasteiger partial charge in [0.1, 0.15) is 0 Å². The first-order valence-corrected chi connectivity index (χ1v) is 8.64. The number of ketones is 1. The van der Waals surface area contributed by atoms with E-state index >= 15 is 0 Å². The molecular formula is C21H14ClN3O2. The van der Waals surface area contributed by atoms with Gasteiger partial charge in [0.05, 0.1) is 28.0 Å². The van der Waals surface area contributed by atoms with E-state index in [0.717, 1.165) is 0 Å². The third kappa shape index (κ3) is 3.32. The van der Waals surface area contributed by atoms with Crippen molar-refractivity contribution in [2.75, 3.05) is 5.32 Å². The van der Waals surface area contributed by atoms with Crippen LogP contribution in [0.4, 0.5) is 5.69 Å². The quantitative estimate of drug-likeness (QED) is 0.535. The fraction of sp³-hybridized carbons (Fsp3) is 0. The fourth-order valence-corrected chi connectivity index (χ4v) is 2.99. The van der Waals surface area contributed by atoms with Gasteiger partial charge in [-0.25, -0.2) is 4.52 Å². The Kier molecular flexibility index (Phi) is 4.44. The van der Waals surface area contributed by atoms with Gasteiger partial charge in [0.2, 0.25) is 0 Å². The van der Waals surface area contributed by atoms with Gasteiger partial charge >= 0.3 is 0 Å². The molecule has 5 nitrogen and oxygen atoms in total. The number of benzene rings is 2. The van der Waals surface area contributed by atoms with Crippen LogP contribution in [0, 0.1) is 0 Å². The van der Waals surface area contributed by atoms with Crippen LogP contribution in [0.3, 0.4) is 0 Å². The van der Waals surface area contributed by atoms with Crippen LogP contribution < -0.4 is 5.32 Å². The second kappa shape index (κ2) is 7.05. The van der Waals surface area contributed by atoms with Crippen molar-refractivity contribution in [3.63, 3.8) is 0 Å². The van der Waals surface area contributed by atoms with E-state index in [0.29, 0.717) is 32.9 Å². The molecule has 0 aliphatic rings. The zero-order valence-corrected chi connectivity index (χ0v) is 14.9. The number of carbonyl (C=O) groups excluding carboxylic acids is 2. The Balaban J connectivity index is 1.69. The molecule has 2 aromatic carbocycles. The van der Waals surface area contributed by atoms with Crippen LogP contribution in [0.2, 0.25) is 5.02 Å². The second-order valence-electron chi connectivity index (χ2n) is 5.93. The van der Waals surface area contributed by atoms with Crippen LogP contribution in [0.25, 0.3) is 5.52 Å². The molecule has 0 aliphatic carbocycles. The Bertz CT molecular complexity index is 1150. The van der Waals surface area contributed by atoms with Crippen molar-refractivity contribution in [3.05, 3.63) is 101 Å². The number of anilines is 1. The molecule has 0 atom stereocenters. The van der Waals surface area contributed by atoms with Crippen molar-refractivity contribution in [3.8, 4) is 0 Å². The van der Waals surface area contributed by atoms with Gasteiger partial charge in [-0.05, 0) is 24.3 Å². The first kappa shape index (κ1) is 17.0. The van der Waals surface area contributed by atoms with Gasteiger partial charge in [-0.2, -0.15) is 5.10 Å². The first-order chi connectivity index (χ1) is 13.1. The summed E-state index contributed by atoms with van der Waals surface area (Å²) < 4.78 is 1.56. The molecule has 27 heavy (non-hydrogen) atoms. The first-order valence-electron chi connectivity index (χ1n) is 8.26. The molecule has 0 saturated heterocycles. The van der Waals surface area contributed by atoms with E-state index < -0.39 is 0 Å². The molecule has 2 heterocycles. The Morgan fingerprint density at radius 2 is 1.67 bits per heavy atom. The van der Waals surface area contributed by atoms with Crippen molar-refractivity contribution >= 4 is 34.5 Å². The monoisotopic (exact) mass is 375 g/mol. The number of carbonyl (C=O) groups is 2. The van der Waals surface area contributed by atoms with Gasteiger partial charge in [-0.3, -0.25) is 9.59 Å². The lowest BCUT2D eigenvalue weighted by molar-refractivity contribution is 0.102. The largest absolute Gasteiger partial charge is 0.321 e. The summed E-state index contributed by atoms with van der Waals surface area (Å²) in [6.07, 6.45) is 3.13. The molecule has 0 spiro atoms. The van der Waals surface area contributed by atoms with Crippen molar-refractivity contribution in [2.24, 2.45) is 0 Å². The van der Waals surface area contributed by atoms with Crippen LogP contribution in [-0.2, 0) is 0 Å². The summed E-state index contributed by atoms with van der Waals surface area (Å²) in [5, 5.41) is 7.41. The molecule has 0 bridgehead atoms. The Morgan fingerprint density at radius 3 is 2.44 bits per heavy atom. The van der Waals surface area contributed by atoms with E-state index in [1.54, 1.807) is 59.2 Å². The lowest BCUT2D eigenvalue weighted by Crippen LogP contribution is -2.12. The minimum atomic E-state index is -0.345. The number of nitrogens with zero attached hydrogens (tertiary/aromatic N) is 2. The van der Waals surface area contributed by atoms with Gasteiger partial charge < -0.3 is 5.32 Å². The third-order valence-electron chi connectivity index (χ3n) is 4.19.